The van der Waals surface area contributed by atoms with Gasteiger partial charge in [-0.1, -0.05) is 35.3 Å². The van der Waals surface area contributed by atoms with E-state index in [1.165, 1.54) is 6.21 Å². The number of hydrogen-bond acceptors (Lipinski definition) is 3. The summed E-state index contributed by atoms with van der Waals surface area (Å²) in [7, 11) is 0. The minimum atomic E-state index is -0.210. The van der Waals surface area contributed by atoms with Crippen molar-refractivity contribution in [1.82, 2.24) is 10.7 Å². The van der Waals surface area contributed by atoms with Gasteiger partial charge in [0.15, 0.2) is 0 Å². The zero-order chi connectivity index (χ0) is 17.1. The maximum Gasteiger partial charge on any atom is 0.240 e. The molecule has 0 heterocycles. The van der Waals surface area contributed by atoms with Gasteiger partial charge in [-0.25, -0.2) is 5.43 Å². The van der Waals surface area contributed by atoms with E-state index in [1.807, 2.05) is 0 Å². The maximum atomic E-state index is 11.6. The molecule has 0 aliphatic heterocycles. The van der Waals surface area contributed by atoms with E-state index in [-0.39, 0.29) is 11.8 Å². The average Bonchev–Trinajstić information content (AvgIpc) is 2.51. The molecule has 0 bridgehead atoms. The minimum absolute atomic E-state index is 0.0410. The molecule has 0 aromatic heterocycles. The van der Waals surface area contributed by atoms with Crippen LogP contribution in [-0.2, 0) is 9.59 Å². The van der Waals surface area contributed by atoms with E-state index in [2.05, 4.69) is 22.4 Å². The van der Waals surface area contributed by atoms with E-state index >= 15 is 0 Å². The number of hydrazone groups is 1. The summed E-state index contributed by atoms with van der Waals surface area (Å²) in [5, 5.41) is 7.52. The van der Waals surface area contributed by atoms with Crippen LogP contribution in [-0.4, -0.2) is 24.6 Å². The van der Waals surface area contributed by atoms with Crippen LogP contribution >= 0.6 is 23.2 Å². The summed E-state index contributed by atoms with van der Waals surface area (Å²) < 4.78 is 0. The summed E-state index contributed by atoms with van der Waals surface area (Å²) >= 11 is 11.8. The third kappa shape index (κ3) is 8.38. The lowest BCUT2D eigenvalue weighted by Gasteiger charge is -2.02. The molecular weight excluding hydrogens is 337 g/mol. The highest BCUT2D eigenvalue weighted by Gasteiger charge is 2.03. The molecule has 7 heteroatoms. The van der Waals surface area contributed by atoms with Crippen LogP contribution in [0.4, 0.5) is 0 Å². The van der Waals surface area contributed by atoms with Gasteiger partial charge >= 0.3 is 0 Å². The fourth-order valence-electron chi connectivity index (χ4n) is 1.68. The van der Waals surface area contributed by atoms with Gasteiger partial charge in [0.2, 0.25) is 11.8 Å². The molecule has 1 aromatic carbocycles. The minimum Gasteiger partial charge on any atom is -0.353 e. The molecule has 0 aliphatic carbocycles. The predicted molar refractivity (Wildman–Crippen MR) is 93.9 cm³/mol. The molecule has 0 radical (unpaired) electrons. The third-order valence-corrected chi connectivity index (χ3v) is 3.42. The Morgan fingerprint density at radius 3 is 2.52 bits per heavy atom. The van der Waals surface area contributed by atoms with Gasteiger partial charge in [-0.3, -0.25) is 9.59 Å². The quantitative estimate of drug-likeness (QED) is 0.308. The first-order valence-corrected chi connectivity index (χ1v) is 7.93. The molecule has 0 fully saturated rings. The van der Waals surface area contributed by atoms with Crippen molar-refractivity contribution >= 4 is 41.2 Å². The van der Waals surface area contributed by atoms with E-state index in [0.717, 1.165) is 0 Å². The number of carbonyl (C=O) groups is 2. The van der Waals surface area contributed by atoms with Crippen LogP contribution in [0.5, 0.6) is 0 Å². The van der Waals surface area contributed by atoms with Crippen LogP contribution in [0.3, 0.4) is 0 Å². The molecule has 1 rings (SSSR count). The number of amides is 2. The molecule has 2 N–H and O–H groups in total. The lowest BCUT2D eigenvalue weighted by molar-refractivity contribution is -0.122. The summed E-state index contributed by atoms with van der Waals surface area (Å²) in [5.74, 6) is -0.251. The van der Waals surface area contributed by atoms with Crippen LogP contribution in [0.25, 0.3) is 0 Å². The van der Waals surface area contributed by atoms with Gasteiger partial charge in [0.25, 0.3) is 0 Å². The number of nitrogens with one attached hydrogen (secondary N) is 2. The zero-order valence-electron chi connectivity index (χ0n) is 12.6. The maximum absolute atomic E-state index is 11.6. The Hall–Kier alpha value is -1.85. The Morgan fingerprint density at radius 1 is 1.17 bits per heavy atom. The summed E-state index contributed by atoms with van der Waals surface area (Å²) in [6.07, 6.45) is 5.04. The standard InChI is InChI=1S/C16H19Cl2N3O2/c1-2-9-19-15(22)5-3-4-6-16(23)21-20-11-12-7-8-13(17)10-14(12)18/h2,7-8,10-11H,1,3-6,9H2,(H,19,22)(H,21,23)/b20-11-. The molecule has 0 atom stereocenters. The van der Waals surface area contributed by atoms with E-state index in [9.17, 15) is 9.59 Å². The molecule has 0 saturated heterocycles. The Kier molecular flexibility index (Phi) is 9.02. The van der Waals surface area contributed by atoms with Crippen LogP contribution < -0.4 is 10.7 Å². The second-order valence-corrected chi connectivity index (χ2v) is 5.60. The monoisotopic (exact) mass is 355 g/mol. The number of unbranched alkanes of at least 4 members (excludes halogenated alkanes) is 1. The highest BCUT2D eigenvalue weighted by atomic mass is 35.5. The number of nitrogens with zero attached hydrogens (tertiary/aromatic N) is 1. The summed E-state index contributed by atoms with van der Waals surface area (Å²) in [4.78, 5) is 22.9. The third-order valence-electron chi connectivity index (χ3n) is 2.86. The number of rotatable bonds is 9. The Bertz CT molecular complexity index is 589. The first-order valence-electron chi connectivity index (χ1n) is 7.17. The van der Waals surface area contributed by atoms with E-state index < -0.39 is 0 Å². The summed E-state index contributed by atoms with van der Waals surface area (Å²) in [6.45, 7) is 3.98. The molecule has 0 aliphatic rings. The largest absolute Gasteiger partial charge is 0.353 e. The van der Waals surface area contributed by atoms with Crippen molar-refractivity contribution in [1.29, 1.82) is 0 Å². The number of halogens is 2. The smallest absolute Gasteiger partial charge is 0.240 e. The van der Waals surface area contributed by atoms with Crippen molar-refractivity contribution < 1.29 is 9.59 Å². The van der Waals surface area contributed by atoms with Gasteiger partial charge in [0.1, 0.15) is 0 Å². The molecule has 1 aromatic rings. The highest BCUT2D eigenvalue weighted by molar-refractivity contribution is 6.36. The molecule has 23 heavy (non-hydrogen) atoms. The van der Waals surface area contributed by atoms with Crippen LogP contribution in [0.2, 0.25) is 10.0 Å². The van der Waals surface area contributed by atoms with E-state index in [0.29, 0.717) is 47.8 Å². The first kappa shape index (κ1) is 19.2. The van der Waals surface area contributed by atoms with Gasteiger partial charge < -0.3 is 5.32 Å². The topological polar surface area (TPSA) is 70.6 Å². The van der Waals surface area contributed by atoms with E-state index in [1.54, 1.807) is 24.3 Å². The normalized spacial score (nSPS) is 10.5. The van der Waals surface area contributed by atoms with Crippen molar-refractivity contribution in [3.63, 3.8) is 0 Å². The molecular formula is C16H19Cl2N3O2. The number of carbonyl (C=O) groups excluding carboxylic acids is 2. The van der Waals surface area contributed by atoms with Crippen LogP contribution in [0.1, 0.15) is 31.2 Å². The summed E-state index contributed by atoms with van der Waals surface area (Å²) in [5.41, 5.74) is 3.08. The molecule has 0 unspecified atom stereocenters. The Balaban J connectivity index is 2.22. The van der Waals surface area contributed by atoms with Gasteiger partial charge in [-0.2, -0.15) is 5.10 Å². The average molecular weight is 356 g/mol. The molecule has 5 nitrogen and oxygen atoms in total. The van der Waals surface area contributed by atoms with Crippen molar-refractivity contribution in [2.75, 3.05) is 6.54 Å². The second-order valence-electron chi connectivity index (χ2n) is 4.76. The predicted octanol–water partition coefficient (Wildman–Crippen LogP) is 3.31. The molecule has 0 spiro atoms. The van der Waals surface area contributed by atoms with Gasteiger partial charge in [-0.05, 0) is 25.0 Å². The molecule has 0 saturated carbocycles. The van der Waals surface area contributed by atoms with Crippen molar-refractivity contribution in [2.24, 2.45) is 5.10 Å². The van der Waals surface area contributed by atoms with Gasteiger partial charge in [0, 0.05) is 30.0 Å². The van der Waals surface area contributed by atoms with Crippen LogP contribution in [0.15, 0.2) is 36.0 Å². The number of benzene rings is 1. The Morgan fingerprint density at radius 2 is 1.87 bits per heavy atom. The van der Waals surface area contributed by atoms with Gasteiger partial charge in [0.05, 0.1) is 11.2 Å². The zero-order valence-corrected chi connectivity index (χ0v) is 14.2. The first-order chi connectivity index (χ1) is 11.0. The van der Waals surface area contributed by atoms with Gasteiger partial charge in [-0.15, -0.1) is 6.58 Å². The van der Waals surface area contributed by atoms with Crippen molar-refractivity contribution in [2.45, 2.75) is 25.7 Å². The highest BCUT2D eigenvalue weighted by Crippen LogP contribution is 2.19. The number of hydrogen-bond donors (Lipinski definition) is 2. The fraction of sp³-hybridized carbons (Fsp3) is 0.312. The lowest BCUT2D eigenvalue weighted by Crippen LogP contribution is -2.23. The van der Waals surface area contributed by atoms with Crippen LogP contribution in [0, 0.1) is 0 Å². The molecule has 2 amide bonds. The second kappa shape index (κ2) is 10.8. The molecule has 124 valence electrons. The Labute approximate surface area is 145 Å². The SMILES string of the molecule is C=CCNC(=O)CCCCC(=O)N/N=C\c1ccc(Cl)cc1Cl. The van der Waals surface area contributed by atoms with Crippen molar-refractivity contribution in [3.05, 3.63) is 46.5 Å². The lowest BCUT2D eigenvalue weighted by atomic mass is 10.2. The fourth-order valence-corrected chi connectivity index (χ4v) is 2.14. The van der Waals surface area contributed by atoms with Crippen molar-refractivity contribution in [3.8, 4) is 0 Å². The summed E-state index contributed by atoms with van der Waals surface area (Å²) in [6, 6.07) is 5.00. The van der Waals surface area contributed by atoms with E-state index in [4.69, 9.17) is 23.2 Å².